The number of thiophene rings is 1. The van der Waals surface area contributed by atoms with Crippen molar-refractivity contribution in [3.05, 3.63) is 44.9 Å². The van der Waals surface area contributed by atoms with Crippen LogP contribution in [-0.4, -0.2) is 10.5 Å². The quantitative estimate of drug-likeness (QED) is 0.913. The van der Waals surface area contributed by atoms with Gasteiger partial charge in [0.2, 0.25) is 0 Å². The Morgan fingerprint density at radius 2 is 2.00 bits per heavy atom. The number of hydrogen-bond acceptors (Lipinski definition) is 2. The van der Waals surface area contributed by atoms with E-state index in [0.717, 1.165) is 23.4 Å². The number of amides is 1. The fourth-order valence-electron chi connectivity index (χ4n) is 3.06. The first-order chi connectivity index (χ1) is 10.6. The Morgan fingerprint density at radius 3 is 2.73 bits per heavy atom. The molecule has 0 atom stereocenters. The molecule has 118 valence electrons. The average Bonchev–Trinajstić information content (AvgIpc) is 3.02. The topological polar surface area (TPSA) is 34.0 Å². The molecule has 0 aliphatic heterocycles. The lowest BCUT2D eigenvalue weighted by atomic mass is 10.00. The van der Waals surface area contributed by atoms with Crippen LogP contribution in [0, 0.1) is 6.92 Å². The van der Waals surface area contributed by atoms with Gasteiger partial charge in [-0.05, 0) is 56.4 Å². The van der Waals surface area contributed by atoms with Crippen LogP contribution >= 0.6 is 11.3 Å². The zero-order valence-electron chi connectivity index (χ0n) is 13.4. The summed E-state index contributed by atoms with van der Waals surface area (Å²) >= 11 is 1.69. The highest BCUT2D eigenvalue weighted by atomic mass is 32.1. The van der Waals surface area contributed by atoms with Crippen molar-refractivity contribution in [2.75, 3.05) is 0 Å². The van der Waals surface area contributed by atoms with E-state index < -0.39 is 0 Å². The third-order valence-corrected chi connectivity index (χ3v) is 5.86. The van der Waals surface area contributed by atoms with Gasteiger partial charge in [-0.1, -0.05) is 12.8 Å². The van der Waals surface area contributed by atoms with Gasteiger partial charge in [0.25, 0.3) is 5.91 Å². The van der Waals surface area contributed by atoms with E-state index >= 15 is 0 Å². The minimum atomic E-state index is 0.0654. The van der Waals surface area contributed by atoms with Crippen molar-refractivity contribution in [1.29, 1.82) is 0 Å². The summed E-state index contributed by atoms with van der Waals surface area (Å²) in [7, 11) is 2.04. The Morgan fingerprint density at radius 1 is 1.23 bits per heavy atom. The second-order valence-electron chi connectivity index (χ2n) is 6.18. The highest BCUT2D eigenvalue weighted by Gasteiger charge is 2.16. The van der Waals surface area contributed by atoms with Crippen LogP contribution in [0.2, 0.25) is 0 Å². The van der Waals surface area contributed by atoms with Crippen LogP contribution in [0.25, 0.3) is 0 Å². The van der Waals surface area contributed by atoms with Crippen LogP contribution in [-0.2, 0) is 26.4 Å². The largest absolute Gasteiger partial charge is 0.350 e. The Labute approximate surface area is 136 Å². The van der Waals surface area contributed by atoms with E-state index in [1.165, 1.54) is 41.8 Å². The van der Waals surface area contributed by atoms with Crippen molar-refractivity contribution >= 4 is 17.2 Å². The molecule has 0 saturated heterocycles. The van der Waals surface area contributed by atoms with Gasteiger partial charge in [-0.15, -0.1) is 11.3 Å². The van der Waals surface area contributed by atoms with Gasteiger partial charge in [0.05, 0.1) is 11.4 Å². The lowest BCUT2D eigenvalue weighted by Crippen LogP contribution is -2.23. The molecule has 0 unspecified atom stereocenters. The molecule has 22 heavy (non-hydrogen) atoms. The Kier molecular flexibility index (Phi) is 4.67. The van der Waals surface area contributed by atoms with Crippen LogP contribution in [0.4, 0.5) is 0 Å². The number of rotatable bonds is 3. The van der Waals surface area contributed by atoms with Gasteiger partial charge in [-0.2, -0.15) is 0 Å². The van der Waals surface area contributed by atoms with Crippen molar-refractivity contribution in [3.8, 4) is 0 Å². The van der Waals surface area contributed by atoms with E-state index in [-0.39, 0.29) is 5.91 Å². The fourth-order valence-corrected chi connectivity index (χ4v) is 4.23. The van der Waals surface area contributed by atoms with Crippen molar-refractivity contribution in [3.63, 3.8) is 0 Å². The maximum Gasteiger partial charge on any atom is 0.261 e. The van der Waals surface area contributed by atoms with Crippen molar-refractivity contribution in [2.24, 2.45) is 7.05 Å². The lowest BCUT2D eigenvalue weighted by molar-refractivity contribution is 0.0954. The van der Waals surface area contributed by atoms with Gasteiger partial charge in [0.1, 0.15) is 0 Å². The minimum Gasteiger partial charge on any atom is -0.350 e. The van der Waals surface area contributed by atoms with Crippen LogP contribution < -0.4 is 5.32 Å². The molecule has 0 fully saturated rings. The molecule has 3 rings (SSSR count). The molecule has 0 bridgehead atoms. The minimum absolute atomic E-state index is 0.0654. The third kappa shape index (κ3) is 3.27. The zero-order valence-corrected chi connectivity index (χ0v) is 14.3. The first kappa shape index (κ1) is 15.3. The van der Waals surface area contributed by atoms with Gasteiger partial charge in [0, 0.05) is 23.3 Å². The summed E-state index contributed by atoms with van der Waals surface area (Å²) < 4.78 is 2.12. The molecular weight excluding hydrogens is 292 g/mol. The number of nitrogens with zero attached hydrogens (tertiary/aromatic N) is 1. The molecule has 1 N–H and O–H groups in total. The van der Waals surface area contributed by atoms with Gasteiger partial charge >= 0.3 is 0 Å². The average molecular weight is 316 g/mol. The number of aromatic nitrogens is 1. The number of nitrogens with one attached hydrogen (secondary N) is 1. The Balaban J connectivity index is 1.67. The van der Waals surface area contributed by atoms with Gasteiger partial charge < -0.3 is 9.88 Å². The van der Waals surface area contributed by atoms with Crippen molar-refractivity contribution in [1.82, 2.24) is 9.88 Å². The third-order valence-electron chi connectivity index (χ3n) is 4.63. The van der Waals surface area contributed by atoms with E-state index in [1.807, 2.05) is 7.05 Å². The molecule has 1 aliphatic carbocycles. The number of hydrogen-bond donors (Lipinski definition) is 1. The smallest absolute Gasteiger partial charge is 0.261 e. The first-order valence-corrected chi connectivity index (χ1v) is 8.98. The number of carbonyl (C=O) groups excluding carboxylic acids is 1. The van der Waals surface area contributed by atoms with E-state index in [1.54, 1.807) is 11.3 Å². The highest BCUT2D eigenvalue weighted by molar-refractivity contribution is 7.14. The number of aryl methyl sites for hydroxylation is 3. The summed E-state index contributed by atoms with van der Waals surface area (Å²) in [6, 6.07) is 6.28. The molecule has 1 amide bonds. The molecule has 0 saturated carbocycles. The van der Waals surface area contributed by atoms with E-state index in [0.29, 0.717) is 6.54 Å². The second-order valence-corrected chi connectivity index (χ2v) is 7.32. The number of fused-ring (bicyclic) bond motifs is 1. The number of carbonyl (C=O) groups is 1. The maximum atomic E-state index is 12.4. The summed E-state index contributed by atoms with van der Waals surface area (Å²) in [5.74, 6) is 0.0654. The Hall–Kier alpha value is -1.55. The van der Waals surface area contributed by atoms with Gasteiger partial charge in [-0.3, -0.25) is 4.79 Å². The standard InChI is InChI=1S/C18H24N2OS/c1-13-9-10-15(20(13)2)12-19-18(21)17-11-14-7-5-3-4-6-8-16(14)22-17/h9-11H,3-8,12H2,1-2H3,(H,19,21). The van der Waals surface area contributed by atoms with Gasteiger partial charge in [0.15, 0.2) is 0 Å². The van der Waals surface area contributed by atoms with E-state index in [9.17, 15) is 4.79 Å². The summed E-state index contributed by atoms with van der Waals surface area (Å²) in [5, 5.41) is 3.06. The predicted molar refractivity (Wildman–Crippen MR) is 91.5 cm³/mol. The van der Waals surface area contributed by atoms with Gasteiger partial charge in [-0.25, -0.2) is 0 Å². The summed E-state index contributed by atoms with van der Waals surface area (Å²) in [4.78, 5) is 14.7. The molecule has 3 nitrogen and oxygen atoms in total. The first-order valence-electron chi connectivity index (χ1n) is 8.16. The van der Waals surface area contributed by atoms with Crippen molar-refractivity contribution < 1.29 is 4.79 Å². The molecular formula is C18H24N2OS. The normalized spacial score (nSPS) is 15.0. The van der Waals surface area contributed by atoms with Crippen LogP contribution in [0.15, 0.2) is 18.2 Å². The summed E-state index contributed by atoms with van der Waals surface area (Å²) in [6.45, 7) is 2.66. The van der Waals surface area contributed by atoms with E-state index in [2.05, 4.69) is 35.0 Å². The summed E-state index contributed by atoms with van der Waals surface area (Å²) in [5.41, 5.74) is 3.76. The van der Waals surface area contributed by atoms with Crippen LogP contribution in [0.5, 0.6) is 0 Å². The molecule has 1 aliphatic rings. The molecule has 2 aromatic heterocycles. The molecule has 0 spiro atoms. The lowest BCUT2D eigenvalue weighted by Gasteiger charge is -2.07. The van der Waals surface area contributed by atoms with Crippen LogP contribution in [0.1, 0.15) is 57.2 Å². The Bertz CT molecular complexity index is 643. The highest BCUT2D eigenvalue weighted by Crippen LogP contribution is 2.28. The SMILES string of the molecule is Cc1ccc(CNC(=O)c2cc3c(s2)CCCCCC3)n1C. The predicted octanol–water partition coefficient (Wildman–Crippen LogP) is 3.98. The molecule has 0 radical (unpaired) electrons. The summed E-state index contributed by atoms with van der Waals surface area (Å²) in [6.07, 6.45) is 7.44. The van der Waals surface area contributed by atoms with E-state index in [4.69, 9.17) is 0 Å². The monoisotopic (exact) mass is 316 g/mol. The van der Waals surface area contributed by atoms with Crippen molar-refractivity contribution in [2.45, 2.75) is 52.0 Å². The zero-order chi connectivity index (χ0) is 15.5. The molecule has 2 aromatic rings. The molecule has 2 heterocycles. The van der Waals surface area contributed by atoms with Crippen LogP contribution in [0.3, 0.4) is 0 Å². The second kappa shape index (κ2) is 6.69. The maximum absolute atomic E-state index is 12.4. The molecule has 4 heteroatoms. The fraction of sp³-hybridized carbons (Fsp3) is 0.500. The molecule has 0 aromatic carbocycles.